The van der Waals surface area contributed by atoms with Crippen LogP contribution in [0.1, 0.15) is 38.7 Å². The molecule has 1 fully saturated rings. The van der Waals surface area contributed by atoms with Gasteiger partial charge in [0, 0.05) is 19.5 Å². The predicted molar refractivity (Wildman–Crippen MR) is 98.3 cm³/mol. The average molecular weight is 332 g/mol. The molecule has 1 saturated heterocycles. The van der Waals surface area contributed by atoms with Gasteiger partial charge in [0.2, 0.25) is 5.91 Å². The fourth-order valence-electron chi connectivity index (χ4n) is 3.29. The van der Waals surface area contributed by atoms with E-state index in [4.69, 9.17) is 4.74 Å². The van der Waals surface area contributed by atoms with E-state index < -0.39 is 0 Å². The lowest BCUT2D eigenvalue weighted by Gasteiger charge is -2.33. The number of aryl methyl sites for hydroxylation is 1. The summed E-state index contributed by atoms with van der Waals surface area (Å²) in [5.41, 5.74) is 1.17. The SMILES string of the molecule is COc1ccc(CCC(=O)NCC2CCN(CC(C)C)CC2)cc1. The molecule has 0 aliphatic carbocycles. The summed E-state index contributed by atoms with van der Waals surface area (Å²) in [6.45, 7) is 8.91. The highest BCUT2D eigenvalue weighted by molar-refractivity contribution is 5.76. The van der Waals surface area contributed by atoms with Gasteiger partial charge in [-0.3, -0.25) is 4.79 Å². The van der Waals surface area contributed by atoms with Crippen molar-refractivity contribution in [2.24, 2.45) is 11.8 Å². The molecule has 0 spiro atoms. The molecule has 1 aromatic carbocycles. The van der Waals surface area contributed by atoms with E-state index in [9.17, 15) is 4.79 Å². The number of benzene rings is 1. The third-order valence-electron chi connectivity index (χ3n) is 4.72. The molecule has 1 N–H and O–H groups in total. The van der Waals surface area contributed by atoms with Crippen LogP contribution in [0.2, 0.25) is 0 Å². The Morgan fingerprint density at radius 3 is 2.50 bits per heavy atom. The Morgan fingerprint density at radius 2 is 1.92 bits per heavy atom. The van der Waals surface area contributed by atoms with Gasteiger partial charge in [0.1, 0.15) is 5.75 Å². The van der Waals surface area contributed by atoms with Crippen LogP contribution in [-0.4, -0.2) is 44.1 Å². The zero-order valence-corrected chi connectivity index (χ0v) is 15.4. The summed E-state index contributed by atoms with van der Waals surface area (Å²) in [6.07, 6.45) is 3.73. The monoisotopic (exact) mass is 332 g/mol. The smallest absolute Gasteiger partial charge is 0.220 e. The van der Waals surface area contributed by atoms with Crippen molar-refractivity contribution in [2.75, 3.05) is 33.3 Å². The maximum atomic E-state index is 12.0. The Morgan fingerprint density at radius 1 is 1.25 bits per heavy atom. The lowest BCUT2D eigenvalue weighted by Crippen LogP contribution is -2.40. The molecule has 0 aromatic heterocycles. The van der Waals surface area contributed by atoms with Crippen molar-refractivity contribution >= 4 is 5.91 Å². The molecule has 0 atom stereocenters. The number of nitrogens with zero attached hydrogens (tertiary/aromatic N) is 1. The highest BCUT2D eigenvalue weighted by Crippen LogP contribution is 2.17. The fourth-order valence-corrected chi connectivity index (χ4v) is 3.29. The van der Waals surface area contributed by atoms with E-state index in [1.807, 2.05) is 24.3 Å². The Labute approximate surface area is 146 Å². The maximum Gasteiger partial charge on any atom is 0.220 e. The van der Waals surface area contributed by atoms with E-state index in [1.54, 1.807) is 7.11 Å². The number of nitrogens with one attached hydrogen (secondary N) is 1. The summed E-state index contributed by atoms with van der Waals surface area (Å²) >= 11 is 0. The third kappa shape index (κ3) is 6.52. The molecule has 0 saturated carbocycles. The third-order valence-corrected chi connectivity index (χ3v) is 4.72. The summed E-state index contributed by atoms with van der Waals surface area (Å²) < 4.78 is 5.15. The van der Waals surface area contributed by atoms with Crippen molar-refractivity contribution in [1.29, 1.82) is 0 Å². The standard InChI is InChI=1S/C20H32N2O2/c1-16(2)15-22-12-10-18(11-13-22)14-21-20(23)9-6-17-4-7-19(24-3)8-5-17/h4-5,7-8,16,18H,6,9-15H2,1-3H3,(H,21,23). The van der Waals surface area contributed by atoms with Crippen LogP contribution < -0.4 is 10.1 Å². The summed E-state index contributed by atoms with van der Waals surface area (Å²) in [5.74, 6) is 2.39. The zero-order valence-electron chi connectivity index (χ0n) is 15.4. The quantitative estimate of drug-likeness (QED) is 0.795. The van der Waals surface area contributed by atoms with Gasteiger partial charge in [-0.15, -0.1) is 0 Å². The van der Waals surface area contributed by atoms with Gasteiger partial charge in [0.15, 0.2) is 0 Å². The molecule has 1 aliphatic heterocycles. The first-order valence-corrected chi connectivity index (χ1v) is 9.18. The first kappa shape index (κ1) is 18.8. The van der Waals surface area contributed by atoms with E-state index in [0.717, 1.165) is 24.6 Å². The lowest BCUT2D eigenvalue weighted by atomic mass is 9.96. The summed E-state index contributed by atoms with van der Waals surface area (Å²) in [6, 6.07) is 7.93. The summed E-state index contributed by atoms with van der Waals surface area (Å²) in [5, 5.41) is 3.12. The van der Waals surface area contributed by atoms with Crippen LogP contribution >= 0.6 is 0 Å². The van der Waals surface area contributed by atoms with Crippen molar-refractivity contribution in [3.8, 4) is 5.75 Å². The van der Waals surface area contributed by atoms with E-state index >= 15 is 0 Å². The number of amides is 1. The van der Waals surface area contributed by atoms with Crippen LogP contribution in [0.3, 0.4) is 0 Å². The van der Waals surface area contributed by atoms with Gasteiger partial charge < -0.3 is 15.0 Å². The highest BCUT2D eigenvalue weighted by Gasteiger charge is 2.19. The molecule has 0 unspecified atom stereocenters. The van der Waals surface area contributed by atoms with Crippen LogP contribution in [0, 0.1) is 11.8 Å². The number of hydrogen-bond donors (Lipinski definition) is 1. The Hall–Kier alpha value is -1.55. The molecule has 0 radical (unpaired) electrons. The zero-order chi connectivity index (χ0) is 17.4. The van der Waals surface area contributed by atoms with E-state index in [0.29, 0.717) is 12.3 Å². The summed E-state index contributed by atoms with van der Waals surface area (Å²) in [7, 11) is 1.66. The number of hydrogen-bond acceptors (Lipinski definition) is 3. The molecule has 1 amide bonds. The van der Waals surface area contributed by atoms with Crippen LogP contribution in [0.4, 0.5) is 0 Å². The van der Waals surface area contributed by atoms with Crippen molar-refractivity contribution in [3.63, 3.8) is 0 Å². The molecule has 1 aliphatic rings. The van der Waals surface area contributed by atoms with Crippen molar-refractivity contribution in [3.05, 3.63) is 29.8 Å². The van der Waals surface area contributed by atoms with Gasteiger partial charge in [-0.1, -0.05) is 26.0 Å². The lowest BCUT2D eigenvalue weighted by molar-refractivity contribution is -0.121. The van der Waals surface area contributed by atoms with Gasteiger partial charge in [-0.05, 0) is 61.9 Å². The van der Waals surface area contributed by atoms with Gasteiger partial charge in [-0.2, -0.15) is 0 Å². The minimum absolute atomic E-state index is 0.162. The predicted octanol–water partition coefficient (Wildman–Crippen LogP) is 3.11. The highest BCUT2D eigenvalue weighted by atomic mass is 16.5. The number of likely N-dealkylation sites (tertiary alicyclic amines) is 1. The largest absolute Gasteiger partial charge is 0.497 e. The first-order valence-electron chi connectivity index (χ1n) is 9.18. The van der Waals surface area contributed by atoms with Crippen molar-refractivity contribution < 1.29 is 9.53 Å². The van der Waals surface area contributed by atoms with Crippen molar-refractivity contribution in [1.82, 2.24) is 10.2 Å². The Balaban J connectivity index is 1.61. The van der Waals surface area contributed by atoms with Gasteiger partial charge in [0.25, 0.3) is 0 Å². The molecule has 0 bridgehead atoms. The minimum atomic E-state index is 0.162. The Kier molecular flexibility index (Phi) is 7.57. The molecule has 1 aromatic rings. The molecule has 4 nitrogen and oxygen atoms in total. The van der Waals surface area contributed by atoms with Crippen LogP contribution in [0.15, 0.2) is 24.3 Å². The van der Waals surface area contributed by atoms with E-state index in [-0.39, 0.29) is 5.91 Å². The number of piperidine rings is 1. The van der Waals surface area contributed by atoms with Gasteiger partial charge in [0.05, 0.1) is 7.11 Å². The molecular formula is C20H32N2O2. The minimum Gasteiger partial charge on any atom is -0.497 e. The number of carbonyl (C=O) groups excluding carboxylic acids is 1. The second-order valence-electron chi connectivity index (χ2n) is 7.29. The molecule has 2 rings (SSSR count). The fraction of sp³-hybridized carbons (Fsp3) is 0.650. The maximum absolute atomic E-state index is 12.0. The first-order chi connectivity index (χ1) is 11.6. The number of carbonyl (C=O) groups is 1. The van der Waals surface area contributed by atoms with E-state index in [2.05, 4.69) is 24.1 Å². The van der Waals surface area contributed by atoms with Gasteiger partial charge >= 0.3 is 0 Å². The van der Waals surface area contributed by atoms with E-state index in [1.165, 1.54) is 38.0 Å². The molecule has 4 heteroatoms. The molecular weight excluding hydrogens is 300 g/mol. The molecule has 134 valence electrons. The van der Waals surface area contributed by atoms with Gasteiger partial charge in [-0.25, -0.2) is 0 Å². The van der Waals surface area contributed by atoms with Crippen LogP contribution in [-0.2, 0) is 11.2 Å². The summed E-state index contributed by atoms with van der Waals surface area (Å²) in [4.78, 5) is 14.6. The number of ether oxygens (including phenoxy) is 1. The molecule has 24 heavy (non-hydrogen) atoms. The number of methoxy groups -OCH3 is 1. The van der Waals surface area contributed by atoms with Crippen molar-refractivity contribution in [2.45, 2.75) is 39.5 Å². The number of rotatable bonds is 8. The average Bonchev–Trinajstić information content (AvgIpc) is 2.59. The topological polar surface area (TPSA) is 41.6 Å². The van der Waals surface area contributed by atoms with Crippen LogP contribution in [0.25, 0.3) is 0 Å². The second-order valence-corrected chi connectivity index (χ2v) is 7.29. The Bertz CT molecular complexity index is 491. The molecule has 1 heterocycles. The second kappa shape index (κ2) is 9.67. The normalized spacial score (nSPS) is 16.3. The van der Waals surface area contributed by atoms with Crippen LogP contribution in [0.5, 0.6) is 5.75 Å².